The zero-order valence-corrected chi connectivity index (χ0v) is 23.0. The standard InChI is InChI=1S/C41H26O/c1-2-12-27-23-30(22-21-26(27)11-1)39-31-15-5-7-17-33(31)40(34-18-8-6-16-32(34)39)36-20-10-9-19-35-37-24-28-13-3-4-14-29(28)25-38(37)42-41(35)36/h1-18,20-25H,19H2. The molecule has 0 N–H and O–H groups in total. The first kappa shape index (κ1) is 23.3. The van der Waals surface area contributed by atoms with Gasteiger partial charge in [0.05, 0.1) is 0 Å². The average molecular weight is 535 g/mol. The van der Waals surface area contributed by atoms with Gasteiger partial charge in [-0.05, 0) is 78.8 Å². The Bertz CT molecular complexity index is 2380. The van der Waals surface area contributed by atoms with Crippen LogP contribution in [0.1, 0.15) is 16.9 Å². The van der Waals surface area contributed by atoms with Crippen molar-refractivity contribution in [1.82, 2.24) is 0 Å². The number of fused-ring (bicyclic) bond motifs is 7. The van der Waals surface area contributed by atoms with Crippen molar-refractivity contribution in [2.45, 2.75) is 6.42 Å². The molecular weight excluding hydrogens is 508 g/mol. The minimum Gasteiger partial charge on any atom is -0.456 e. The summed E-state index contributed by atoms with van der Waals surface area (Å²) in [6, 6.07) is 46.2. The minimum atomic E-state index is 0.839. The summed E-state index contributed by atoms with van der Waals surface area (Å²) in [5, 5.41) is 11.1. The van der Waals surface area contributed by atoms with E-state index in [0.717, 1.165) is 23.3 Å². The highest BCUT2D eigenvalue weighted by Crippen LogP contribution is 2.46. The predicted molar refractivity (Wildman–Crippen MR) is 178 cm³/mol. The second kappa shape index (κ2) is 9.06. The molecular formula is C41H26O. The normalized spacial score (nSPS) is 13.2. The first-order chi connectivity index (χ1) is 20.8. The highest BCUT2D eigenvalue weighted by molar-refractivity contribution is 6.20. The number of rotatable bonds is 2. The van der Waals surface area contributed by atoms with Crippen LogP contribution in [0.2, 0.25) is 0 Å². The maximum absolute atomic E-state index is 6.80. The van der Waals surface area contributed by atoms with E-state index in [9.17, 15) is 0 Å². The highest BCUT2D eigenvalue weighted by atomic mass is 16.3. The van der Waals surface area contributed by atoms with Gasteiger partial charge in [0, 0.05) is 22.1 Å². The van der Waals surface area contributed by atoms with E-state index in [-0.39, 0.29) is 0 Å². The Morgan fingerprint density at radius 1 is 0.476 bits per heavy atom. The van der Waals surface area contributed by atoms with Gasteiger partial charge in [0.2, 0.25) is 0 Å². The van der Waals surface area contributed by atoms with Crippen molar-refractivity contribution >= 4 is 59.6 Å². The van der Waals surface area contributed by atoms with Crippen molar-refractivity contribution in [3.05, 3.63) is 163 Å². The molecule has 0 aliphatic heterocycles. The van der Waals surface area contributed by atoms with Crippen LogP contribution < -0.4 is 0 Å². The van der Waals surface area contributed by atoms with E-state index in [1.807, 2.05) is 0 Å². The molecule has 0 atom stereocenters. The Hall–Kier alpha value is -5.40. The van der Waals surface area contributed by atoms with Crippen LogP contribution in [-0.4, -0.2) is 0 Å². The van der Waals surface area contributed by atoms with Crippen LogP contribution in [0.5, 0.6) is 0 Å². The van der Waals surface area contributed by atoms with E-state index in [0.29, 0.717) is 0 Å². The van der Waals surface area contributed by atoms with Crippen molar-refractivity contribution in [3.8, 4) is 11.1 Å². The third kappa shape index (κ3) is 3.44. The molecule has 0 fully saturated rings. The molecule has 1 nitrogen and oxygen atoms in total. The lowest BCUT2D eigenvalue weighted by Gasteiger charge is -2.19. The summed E-state index contributed by atoms with van der Waals surface area (Å²) in [6.45, 7) is 0. The average Bonchev–Trinajstić information content (AvgIpc) is 3.26. The molecule has 0 unspecified atom stereocenters. The lowest BCUT2D eigenvalue weighted by Crippen LogP contribution is -1.96. The van der Waals surface area contributed by atoms with E-state index in [1.54, 1.807) is 0 Å². The summed E-state index contributed by atoms with van der Waals surface area (Å²) < 4.78 is 6.80. The van der Waals surface area contributed by atoms with Crippen LogP contribution >= 0.6 is 0 Å². The number of allylic oxidation sites excluding steroid dienone is 3. The fourth-order valence-corrected chi connectivity index (χ4v) is 6.95. The van der Waals surface area contributed by atoms with Crippen LogP contribution in [-0.2, 0) is 6.42 Å². The van der Waals surface area contributed by atoms with Crippen LogP contribution in [0.3, 0.4) is 0 Å². The van der Waals surface area contributed by atoms with Gasteiger partial charge >= 0.3 is 0 Å². The lowest BCUT2D eigenvalue weighted by atomic mass is 9.84. The number of furan rings is 1. The van der Waals surface area contributed by atoms with Crippen LogP contribution in [0, 0.1) is 0 Å². The van der Waals surface area contributed by atoms with Crippen molar-refractivity contribution < 1.29 is 4.42 Å². The zero-order chi connectivity index (χ0) is 27.6. The van der Waals surface area contributed by atoms with Gasteiger partial charge in [0.1, 0.15) is 11.3 Å². The largest absolute Gasteiger partial charge is 0.456 e. The quantitative estimate of drug-likeness (QED) is 0.201. The van der Waals surface area contributed by atoms with Crippen LogP contribution in [0.15, 0.2) is 150 Å². The first-order valence-electron chi connectivity index (χ1n) is 14.6. The fourth-order valence-electron chi connectivity index (χ4n) is 6.95. The summed E-state index contributed by atoms with van der Waals surface area (Å²) in [4.78, 5) is 0. The third-order valence-corrected chi connectivity index (χ3v) is 8.86. The van der Waals surface area contributed by atoms with Gasteiger partial charge in [-0.3, -0.25) is 0 Å². The van der Waals surface area contributed by atoms with Gasteiger partial charge in [-0.15, -0.1) is 0 Å². The van der Waals surface area contributed by atoms with Crippen molar-refractivity contribution in [2.24, 2.45) is 0 Å². The topological polar surface area (TPSA) is 13.1 Å². The summed E-state index contributed by atoms with van der Waals surface area (Å²) in [5.41, 5.74) is 7.07. The summed E-state index contributed by atoms with van der Waals surface area (Å²) >= 11 is 0. The number of benzene rings is 7. The Morgan fingerprint density at radius 3 is 1.74 bits per heavy atom. The molecule has 1 heteroatoms. The van der Waals surface area contributed by atoms with Gasteiger partial charge < -0.3 is 4.42 Å². The molecule has 7 aromatic carbocycles. The molecule has 0 saturated carbocycles. The molecule has 0 amide bonds. The summed E-state index contributed by atoms with van der Waals surface area (Å²) in [6.07, 6.45) is 7.53. The first-order valence-corrected chi connectivity index (χ1v) is 14.6. The second-order valence-corrected chi connectivity index (χ2v) is 11.2. The van der Waals surface area contributed by atoms with E-state index < -0.39 is 0 Å². The van der Waals surface area contributed by atoms with Crippen molar-refractivity contribution in [2.75, 3.05) is 0 Å². The number of hydrogen-bond acceptors (Lipinski definition) is 1. The van der Waals surface area contributed by atoms with Gasteiger partial charge in [-0.25, -0.2) is 0 Å². The van der Waals surface area contributed by atoms with Gasteiger partial charge in [0.25, 0.3) is 0 Å². The molecule has 1 heterocycles. The predicted octanol–water partition coefficient (Wildman–Crippen LogP) is 11.3. The summed E-state index contributed by atoms with van der Waals surface area (Å²) in [5.74, 6) is 0.971. The Kier molecular flexibility index (Phi) is 5.03. The van der Waals surface area contributed by atoms with E-state index in [4.69, 9.17) is 4.42 Å². The molecule has 1 aliphatic carbocycles. The molecule has 8 aromatic rings. The maximum Gasteiger partial charge on any atom is 0.139 e. The molecule has 196 valence electrons. The van der Waals surface area contributed by atoms with Gasteiger partial charge in [-0.2, -0.15) is 0 Å². The van der Waals surface area contributed by atoms with Gasteiger partial charge in [0.15, 0.2) is 0 Å². The molecule has 0 bridgehead atoms. The second-order valence-electron chi connectivity index (χ2n) is 11.2. The monoisotopic (exact) mass is 534 g/mol. The fraction of sp³-hybridized carbons (Fsp3) is 0.0244. The maximum atomic E-state index is 6.80. The van der Waals surface area contributed by atoms with Crippen LogP contribution in [0.4, 0.5) is 0 Å². The van der Waals surface area contributed by atoms with Crippen molar-refractivity contribution in [1.29, 1.82) is 0 Å². The van der Waals surface area contributed by atoms with E-state index in [2.05, 4.69) is 146 Å². The Labute approximate surface area is 243 Å². The molecule has 0 spiro atoms. The van der Waals surface area contributed by atoms with E-state index in [1.165, 1.54) is 70.7 Å². The molecule has 0 radical (unpaired) electrons. The van der Waals surface area contributed by atoms with Gasteiger partial charge in [-0.1, -0.05) is 127 Å². The number of hydrogen-bond donors (Lipinski definition) is 0. The molecule has 42 heavy (non-hydrogen) atoms. The van der Waals surface area contributed by atoms with E-state index >= 15 is 0 Å². The molecule has 1 aromatic heterocycles. The molecule has 9 rings (SSSR count). The Balaban J connectivity index is 1.37. The van der Waals surface area contributed by atoms with Crippen LogP contribution in [0.25, 0.3) is 70.8 Å². The highest BCUT2D eigenvalue weighted by Gasteiger charge is 2.24. The summed E-state index contributed by atoms with van der Waals surface area (Å²) in [7, 11) is 0. The third-order valence-electron chi connectivity index (χ3n) is 8.86. The minimum absolute atomic E-state index is 0.839. The zero-order valence-electron chi connectivity index (χ0n) is 23.0. The lowest BCUT2D eigenvalue weighted by molar-refractivity contribution is 0.597. The SMILES string of the molecule is C1=CCc2c(oc3cc4ccccc4cc23)C(c2c3ccccc3c(-c3ccc4ccccc4c3)c3ccccc23)=C1. The molecule has 1 aliphatic rings. The Morgan fingerprint density at radius 2 is 1.05 bits per heavy atom. The van der Waals surface area contributed by atoms with Crippen molar-refractivity contribution in [3.63, 3.8) is 0 Å². The molecule has 0 saturated heterocycles. The smallest absolute Gasteiger partial charge is 0.139 e.